The van der Waals surface area contributed by atoms with E-state index in [0.717, 1.165) is 30.4 Å². The van der Waals surface area contributed by atoms with Crippen LogP contribution in [0.5, 0.6) is 0 Å². The minimum atomic E-state index is -1.36. The fraction of sp³-hybridized carbons (Fsp3) is 0.348. The normalized spacial score (nSPS) is 23.8. The number of imide groups is 1. The largest absolute Gasteiger partial charge is 0.352 e. The van der Waals surface area contributed by atoms with Gasteiger partial charge in [-0.15, -0.1) is 0 Å². The van der Waals surface area contributed by atoms with Crippen molar-refractivity contribution in [3.8, 4) is 0 Å². The molecule has 1 unspecified atom stereocenters. The van der Waals surface area contributed by atoms with Gasteiger partial charge in [0.15, 0.2) is 0 Å². The average Bonchev–Trinajstić information content (AvgIpc) is 3.84. The summed E-state index contributed by atoms with van der Waals surface area (Å²) in [5.74, 6) is -3.80. The third kappa shape index (κ3) is 6.87. The highest BCUT2D eigenvalue weighted by Gasteiger charge is 2.72. The highest BCUT2D eigenvalue weighted by Crippen LogP contribution is 2.63. The van der Waals surface area contributed by atoms with Crippen molar-refractivity contribution in [3.63, 3.8) is 0 Å². The third-order valence-electron chi connectivity index (χ3n) is 13.3. The van der Waals surface area contributed by atoms with Gasteiger partial charge in [-0.1, -0.05) is 72.8 Å². The summed E-state index contributed by atoms with van der Waals surface area (Å²) in [5.41, 5.74) is 2.24. The first-order valence-electron chi connectivity index (χ1n) is 20.7. The first-order valence-corrected chi connectivity index (χ1v) is 21.4. The van der Waals surface area contributed by atoms with Crippen LogP contribution in [0.4, 0.5) is 15.8 Å². The van der Waals surface area contributed by atoms with Crippen LogP contribution in [0.3, 0.4) is 0 Å². The lowest BCUT2D eigenvalue weighted by atomic mass is 9.55. The number of hydrogen-bond donors (Lipinski definition) is 5. The quantitative estimate of drug-likeness (QED) is 0.0942. The van der Waals surface area contributed by atoms with Crippen molar-refractivity contribution in [2.24, 2.45) is 0 Å². The van der Waals surface area contributed by atoms with Crippen LogP contribution < -0.4 is 26.6 Å². The van der Waals surface area contributed by atoms with E-state index >= 15 is 4.39 Å². The number of piperidine rings is 1. The molecule has 9 rings (SSSR count). The maximum atomic E-state index is 16.2. The predicted molar refractivity (Wildman–Crippen MR) is 227 cm³/mol. The number of halogens is 3. The molecule has 5 aliphatic rings. The van der Waals surface area contributed by atoms with E-state index in [2.05, 4.69) is 26.6 Å². The van der Waals surface area contributed by atoms with E-state index in [0.29, 0.717) is 65.3 Å². The van der Waals surface area contributed by atoms with Crippen molar-refractivity contribution < 1.29 is 33.2 Å². The van der Waals surface area contributed by atoms with Gasteiger partial charge < -0.3 is 20.9 Å². The van der Waals surface area contributed by atoms with Gasteiger partial charge in [-0.2, -0.15) is 0 Å². The Kier molecular flexibility index (Phi) is 10.7. The number of fused-ring (bicyclic) bond motifs is 4. The second kappa shape index (κ2) is 16.0. The van der Waals surface area contributed by atoms with Gasteiger partial charge in [0.1, 0.15) is 17.3 Å². The zero-order chi connectivity index (χ0) is 42.6. The SMILES string of the molecule is O=C1CCC(N2Cc3c(CCCNC(=O)c4ccc(NC(=O)[C@@H]5NC6(CCCCC6)[C@@]6(C(=O)Nc7cc(Cl)ccc76)[C@H]5c5cccc(Cl)c5F)cc4)cccc3C2=O)C(=O)N1. The molecule has 3 fully saturated rings. The summed E-state index contributed by atoms with van der Waals surface area (Å²) in [6, 6.07) is 20.1. The lowest BCUT2D eigenvalue weighted by Crippen LogP contribution is -2.60. The second-order valence-corrected chi connectivity index (χ2v) is 17.5. The van der Waals surface area contributed by atoms with Crippen LogP contribution in [0.25, 0.3) is 0 Å². The molecule has 1 aliphatic carbocycles. The minimum Gasteiger partial charge on any atom is -0.352 e. The third-order valence-corrected chi connectivity index (χ3v) is 13.8. The molecular weight excluding hydrogens is 822 g/mol. The van der Waals surface area contributed by atoms with E-state index in [1.165, 1.54) is 11.0 Å². The predicted octanol–water partition coefficient (Wildman–Crippen LogP) is 6.54. The Morgan fingerprint density at radius 2 is 1.67 bits per heavy atom. The van der Waals surface area contributed by atoms with Gasteiger partial charge in [0.25, 0.3) is 11.8 Å². The van der Waals surface area contributed by atoms with Crippen LogP contribution >= 0.6 is 23.2 Å². The van der Waals surface area contributed by atoms with Crippen LogP contribution in [-0.2, 0) is 37.6 Å². The van der Waals surface area contributed by atoms with E-state index in [1.807, 2.05) is 18.2 Å². The topological polar surface area (TPSA) is 166 Å². The number of carbonyl (C=O) groups excluding carboxylic acids is 6. The minimum absolute atomic E-state index is 0.113. The van der Waals surface area contributed by atoms with E-state index in [1.54, 1.807) is 54.6 Å². The van der Waals surface area contributed by atoms with E-state index in [-0.39, 0.29) is 53.6 Å². The Balaban J connectivity index is 0.889. The van der Waals surface area contributed by atoms with Crippen LogP contribution in [0.1, 0.15) is 100 Å². The molecule has 61 heavy (non-hydrogen) atoms. The van der Waals surface area contributed by atoms with Crippen LogP contribution in [0.15, 0.2) is 78.9 Å². The zero-order valence-corrected chi connectivity index (χ0v) is 34.6. The molecule has 4 aliphatic heterocycles. The number of amides is 6. The summed E-state index contributed by atoms with van der Waals surface area (Å²) in [4.78, 5) is 81.3. The van der Waals surface area contributed by atoms with Crippen molar-refractivity contribution >= 4 is 70.0 Å². The van der Waals surface area contributed by atoms with E-state index in [9.17, 15) is 28.8 Å². The van der Waals surface area contributed by atoms with Crippen molar-refractivity contribution in [2.75, 3.05) is 17.2 Å². The summed E-state index contributed by atoms with van der Waals surface area (Å²) in [6.45, 7) is 0.633. The lowest BCUT2D eigenvalue weighted by Gasteiger charge is -2.47. The molecule has 2 spiro atoms. The fourth-order valence-electron chi connectivity index (χ4n) is 10.6. The summed E-state index contributed by atoms with van der Waals surface area (Å²) < 4.78 is 16.2. The number of benzene rings is 4. The zero-order valence-electron chi connectivity index (χ0n) is 33.0. The molecule has 6 amide bonds. The lowest BCUT2D eigenvalue weighted by molar-refractivity contribution is -0.137. The molecule has 5 N–H and O–H groups in total. The van der Waals surface area contributed by atoms with Gasteiger partial charge in [0, 0.05) is 58.5 Å². The molecule has 0 radical (unpaired) electrons. The van der Waals surface area contributed by atoms with Gasteiger partial charge in [-0.25, -0.2) is 4.39 Å². The highest BCUT2D eigenvalue weighted by atomic mass is 35.5. The highest BCUT2D eigenvalue weighted by molar-refractivity contribution is 6.31. The summed E-state index contributed by atoms with van der Waals surface area (Å²) in [7, 11) is 0. The van der Waals surface area contributed by atoms with Gasteiger partial charge in [0.2, 0.25) is 23.6 Å². The average molecular weight is 866 g/mol. The number of rotatable bonds is 9. The van der Waals surface area contributed by atoms with Gasteiger partial charge in [0.05, 0.1) is 11.1 Å². The Morgan fingerprint density at radius 3 is 2.44 bits per heavy atom. The molecule has 0 bridgehead atoms. The maximum absolute atomic E-state index is 16.2. The molecule has 12 nitrogen and oxygen atoms in total. The molecule has 2 saturated heterocycles. The Labute approximate surface area is 361 Å². The number of anilines is 2. The van der Waals surface area contributed by atoms with Gasteiger partial charge in [-0.05, 0) is 103 Å². The number of nitrogens with one attached hydrogen (secondary N) is 5. The monoisotopic (exact) mass is 864 g/mol. The van der Waals surface area contributed by atoms with Crippen molar-refractivity contribution in [3.05, 3.63) is 128 Å². The molecule has 4 aromatic rings. The van der Waals surface area contributed by atoms with E-state index < -0.39 is 46.6 Å². The number of carbonyl (C=O) groups is 6. The Morgan fingerprint density at radius 1 is 0.902 bits per heavy atom. The van der Waals surface area contributed by atoms with Gasteiger partial charge in [-0.3, -0.25) is 39.4 Å². The summed E-state index contributed by atoms with van der Waals surface area (Å²) in [6.07, 6.45) is 5.41. The molecule has 4 atom stereocenters. The summed E-state index contributed by atoms with van der Waals surface area (Å²) in [5, 5.41) is 15.2. The molecular formula is C46H43Cl2FN6O6. The Bertz CT molecular complexity index is 2510. The molecule has 314 valence electrons. The van der Waals surface area contributed by atoms with Crippen molar-refractivity contribution in [2.45, 2.75) is 93.3 Å². The molecule has 4 aromatic carbocycles. The fourth-order valence-corrected chi connectivity index (χ4v) is 11.0. The van der Waals surface area contributed by atoms with Crippen molar-refractivity contribution in [1.29, 1.82) is 0 Å². The number of aryl methyl sites for hydroxylation is 1. The standard InChI is InChI=1S/C46H43Cl2FN6O6/c47-27-14-17-32-34(23-27)52-44(61)46(32)37(30-10-5-11-33(48)38(30)49)39(54-45(46)20-2-1-3-21-45)42(59)51-28-15-12-26(13-16-28)40(57)50-22-6-8-25-7-4-9-29-31(25)24-55(43(29)60)35-18-19-36(56)53-41(35)58/h4-5,7,9-17,23,35,37,39,54H,1-3,6,8,18-22,24H2,(H,50,57)(H,51,59)(H,52,61)(H,53,56,58)/t35?,37-,39+,46+/m0/s1. The number of hydrogen-bond acceptors (Lipinski definition) is 7. The van der Waals surface area contributed by atoms with Crippen molar-refractivity contribution in [1.82, 2.24) is 20.9 Å². The Hall–Kier alpha value is -5.63. The maximum Gasteiger partial charge on any atom is 0.255 e. The second-order valence-electron chi connectivity index (χ2n) is 16.6. The molecule has 1 saturated carbocycles. The summed E-state index contributed by atoms with van der Waals surface area (Å²) >= 11 is 12.8. The van der Waals surface area contributed by atoms with Crippen LogP contribution in [-0.4, -0.2) is 64.5 Å². The molecule has 15 heteroatoms. The molecule has 0 aromatic heterocycles. The van der Waals surface area contributed by atoms with Crippen LogP contribution in [0, 0.1) is 5.82 Å². The van der Waals surface area contributed by atoms with Gasteiger partial charge >= 0.3 is 0 Å². The first-order chi connectivity index (χ1) is 29.4. The smallest absolute Gasteiger partial charge is 0.255 e. The molecule has 4 heterocycles. The van der Waals surface area contributed by atoms with E-state index in [4.69, 9.17) is 23.2 Å². The first kappa shape index (κ1) is 40.8. The van der Waals surface area contributed by atoms with Crippen LogP contribution in [0.2, 0.25) is 10.0 Å². The number of nitrogens with zero attached hydrogens (tertiary/aromatic N) is 1.